The Balaban J connectivity index is 2.83. The van der Waals surface area contributed by atoms with E-state index in [1.165, 1.54) is 24.3 Å². The highest BCUT2D eigenvalue weighted by Gasteiger charge is 2.14. The van der Waals surface area contributed by atoms with Crippen LogP contribution in [0.25, 0.3) is 0 Å². The summed E-state index contributed by atoms with van der Waals surface area (Å²) in [6, 6.07) is 5.11. The summed E-state index contributed by atoms with van der Waals surface area (Å²) in [5, 5.41) is 9.17. The van der Waals surface area contributed by atoms with Crippen LogP contribution in [0.3, 0.4) is 0 Å². The summed E-state index contributed by atoms with van der Waals surface area (Å²) in [5.41, 5.74) is -0.742. The van der Waals surface area contributed by atoms with Crippen LogP contribution in [-0.2, 0) is 0 Å². The lowest BCUT2D eigenvalue weighted by Crippen LogP contribution is -2.15. The summed E-state index contributed by atoms with van der Waals surface area (Å²) in [7, 11) is 0. The monoisotopic (exact) mass is 200 g/mol. The molecule has 0 saturated carbocycles. The summed E-state index contributed by atoms with van der Waals surface area (Å²) in [6.45, 7) is 0. The lowest BCUT2D eigenvalue weighted by Gasteiger charge is -2.05. The molecule has 1 unspecified atom stereocenters. The van der Waals surface area contributed by atoms with Crippen LogP contribution < -0.4 is 0 Å². The molecule has 13 heavy (non-hydrogen) atoms. The molecular formula is C9H9FO2S. The fourth-order valence-electron chi connectivity index (χ4n) is 0.864. The topological polar surface area (TPSA) is 37.3 Å². The minimum absolute atomic E-state index is 0.322. The first-order valence-electron chi connectivity index (χ1n) is 3.66. The standard InChI is InChI=1S/C9H9FO2S/c1-13-9(12)8(11)6-2-4-7(10)5-3-6/h2-5,9,12H,1H3. The van der Waals surface area contributed by atoms with Crippen LogP contribution in [0.5, 0.6) is 0 Å². The number of halogens is 1. The molecule has 1 N–H and O–H groups in total. The molecule has 2 nitrogen and oxygen atoms in total. The predicted molar refractivity (Wildman–Crippen MR) is 50.3 cm³/mol. The van der Waals surface area contributed by atoms with Crippen molar-refractivity contribution in [3.8, 4) is 0 Å². The van der Waals surface area contributed by atoms with Gasteiger partial charge in [0.25, 0.3) is 0 Å². The minimum atomic E-state index is -1.06. The number of benzene rings is 1. The van der Waals surface area contributed by atoms with Gasteiger partial charge in [-0.25, -0.2) is 4.39 Å². The van der Waals surface area contributed by atoms with Gasteiger partial charge >= 0.3 is 0 Å². The van der Waals surface area contributed by atoms with Gasteiger partial charge in [0.05, 0.1) is 0 Å². The maximum atomic E-state index is 12.5. The van der Waals surface area contributed by atoms with Gasteiger partial charge in [0.1, 0.15) is 5.82 Å². The Morgan fingerprint density at radius 1 is 1.46 bits per heavy atom. The minimum Gasteiger partial charge on any atom is -0.374 e. The Morgan fingerprint density at radius 2 is 2.00 bits per heavy atom. The summed E-state index contributed by atoms with van der Waals surface area (Å²) in [5.74, 6) is -0.789. The first-order chi connectivity index (χ1) is 6.15. The molecule has 1 atom stereocenters. The zero-order valence-corrected chi connectivity index (χ0v) is 7.84. The molecule has 4 heteroatoms. The van der Waals surface area contributed by atoms with Gasteiger partial charge in [-0.1, -0.05) is 0 Å². The van der Waals surface area contributed by atoms with Crippen molar-refractivity contribution in [2.24, 2.45) is 0 Å². The molecule has 0 aliphatic heterocycles. The third-order valence-electron chi connectivity index (χ3n) is 1.58. The summed E-state index contributed by atoms with van der Waals surface area (Å²) >= 11 is 1.04. The Labute approximate surface area is 79.8 Å². The van der Waals surface area contributed by atoms with Crippen molar-refractivity contribution in [2.45, 2.75) is 5.44 Å². The van der Waals surface area contributed by atoms with Crippen molar-refractivity contribution in [3.05, 3.63) is 35.6 Å². The summed E-state index contributed by atoms with van der Waals surface area (Å²) < 4.78 is 12.5. The lowest BCUT2D eigenvalue weighted by molar-refractivity contribution is 0.0869. The van der Waals surface area contributed by atoms with E-state index in [0.717, 1.165) is 11.8 Å². The van der Waals surface area contributed by atoms with E-state index in [1.54, 1.807) is 6.26 Å². The number of hydrogen-bond donors (Lipinski definition) is 1. The summed E-state index contributed by atoms with van der Waals surface area (Å²) in [4.78, 5) is 11.3. The number of hydrogen-bond acceptors (Lipinski definition) is 3. The predicted octanol–water partition coefficient (Wildman–Crippen LogP) is 1.69. The van der Waals surface area contributed by atoms with E-state index in [2.05, 4.69) is 0 Å². The largest absolute Gasteiger partial charge is 0.374 e. The molecule has 0 radical (unpaired) electrons. The van der Waals surface area contributed by atoms with E-state index >= 15 is 0 Å². The third-order valence-corrected chi connectivity index (χ3v) is 2.24. The van der Waals surface area contributed by atoms with Crippen LogP contribution in [0.1, 0.15) is 10.4 Å². The fourth-order valence-corrected chi connectivity index (χ4v) is 1.21. The molecule has 0 fully saturated rings. The highest BCUT2D eigenvalue weighted by molar-refractivity contribution is 7.99. The number of ketones is 1. The quantitative estimate of drug-likeness (QED) is 0.596. The van der Waals surface area contributed by atoms with Crippen LogP contribution in [0.4, 0.5) is 4.39 Å². The molecule has 0 aliphatic carbocycles. The first-order valence-corrected chi connectivity index (χ1v) is 4.94. The van der Waals surface area contributed by atoms with Crippen LogP contribution in [0.2, 0.25) is 0 Å². The number of carbonyl (C=O) groups excluding carboxylic acids is 1. The molecule has 70 valence electrons. The maximum Gasteiger partial charge on any atom is 0.201 e. The lowest BCUT2D eigenvalue weighted by atomic mass is 10.1. The molecule has 0 spiro atoms. The fraction of sp³-hybridized carbons (Fsp3) is 0.222. The second kappa shape index (κ2) is 4.39. The molecule has 0 heterocycles. The van der Waals surface area contributed by atoms with Gasteiger partial charge in [0.15, 0.2) is 5.44 Å². The Hall–Kier alpha value is -0.870. The van der Waals surface area contributed by atoms with Gasteiger partial charge in [-0.15, -0.1) is 11.8 Å². The van der Waals surface area contributed by atoms with Crippen molar-refractivity contribution in [1.82, 2.24) is 0 Å². The SMILES string of the molecule is CSC(O)C(=O)c1ccc(F)cc1. The number of Topliss-reactive ketones (excluding diaryl/α,β-unsaturated/α-hetero) is 1. The van der Waals surface area contributed by atoms with E-state index in [9.17, 15) is 9.18 Å². The van der Waals surface area contributed by atoms with Gasteiger partial charge in [0, 0.05) is 5.56 Å². The molecule has 0 amide bonds. The van der Waals surface area contributed by atoms with Crippen LogP contribution in [0, 0.1) is 5.82 Å². The highest BCUT2D eigenvalue weighted by Crippen LogP contribution is 2.11. The molecule has 1 rings (SSSR count). The van der Waals surface area contributed by atoms with E-state index in [4.69, 9.17) is 5.11 Å². The normalized spacial score (nSPS) is 12.5. The molecule has 0 aromatic heterocycles. The number of aliphatic hydroxyl groups is 1. The average Bonchev–Trinajstić information content (AvgIpc) is 2.17. The summed E-state index contributed by atoms with van der Waals surface area (Å²) in [6.07, 6.45) is 1.63. The first kappa shape index (κ1) is 10.2. The Morgan fingerprint density at radius 3 is 2.46 bits per heavy atom. The van der Waals surface area contributed by atoms with Crippen LogP contribution in [-0.4, -0.2) is 22.6 Å². The van der Waals surface area contributed by atoms with Gasteiger partial charge in [0.2, 0.25) is 5.78 Å². The van der Waals surface area contributed by atoms with Crippen LogP contribution in [0.15, 0.2) is 24.3 Å². The van der Waals surface area contributed by atoms with E-state index in [-0.39, 0.29) is 0 Å². The van der Waals surface area contributed by atoms with Gasteiger partial charge < -0.3 is 5.11 Å². The smallest absolute Gasteiger partial charge is 0.201 e. The molecule has 0 saturated heterocycles. The number of thioether (sulfide) groups is 1. The highest BCUT2D eigenvalue weighted by atomic mass is 32.2. The van der Waals surface area contributed by atoms with Gasteiger partial charge in [-0.05, 0) is 30.5 Å². The van der Waals surface area contributed by atoms with E-state index < -0.39 is 17.0 Å². The van der Waals surface area contributed by atoms with Gasteiger partial charge in [-0.2, -0.15) is 0 Å². The zero-order chi connectivity index (χ0) is 9.84. The van der Waals surface area contributed by atoms with Crippen molar-refractivity contribution in [1.29, 1.82) is 0 Å². The van der Waals surface area contributed by atoms with Gasteiger partial charge in [-0.3, -0.25) is 4.79 Å². The number of carbonyl (C=O) groups is 1. The molecular weight excluding hydrogens is 191 g/mol. The Kier molecular flexibility index (Phi) is 3.45. The van der Waals surface area contributed by atoms with E-state index in [0.29, 0.717) is 5.56 Å². The second-order valence-electron chi connectivity index (χ2n) is 2.46. The average molecular weight is 200 g/mol. The van der Waals surface area contributed by atoms with Crippen molar-refractivity contribution in [2.75, 3.05) is 6.26 Å². The molecule has 1 aromatic rings. The Bertz CT molecular complexity index is 297. The number of aliphatic hydroxyl groups excluding tert-OH is 1. The van der Waals surface area contributed by atoms with Crippen LogP contribution >= 0.6 is 11.8 Å². The zero-order valence-electron chi connectivity index (χ0n) is 7.03. The molecule has 0 bridgehead atoms. The molecule has 1 aromatic carbocycles. The third kappa shape index (κ3) is 2.54. The van der Waals surface area contributed by atoms with Crippen molar-refractivity contribution in [3.63, 3.8) is 0 Å². The second-order valence-corrected chi connectivity index (χ2v) is 3.38. The number of rotatable bonds is 3. The van der Waals surface area contributed by atoms with E-state index in [1.807, 2.05) is 0 Å². The van der Waals surface area contributed by atoms with Crippen molar-refractivity contribution < 1.29 is 14.3 Å². The maximum absolute atomic E-state index is 12.5. The molecule has 0 aliphatic rings. The van der Waals surface area contributed by atoms with Crippen molar-refractivity contribution >= 4 is 17.5 Å².